The smallest absolute Gasteiger partial charge is 0.340 e. The Morgan fingerprint density at radius 1 is 0.682 bits per heavy atom. The van der Waals surface area contributed by atoms with Crippen LogP contribution in [0.4, 0.5) is 0 Å². The van der Waals surface area contributed by atoms with Gasteiger partial charge in [0.2, 0.25) is 0 Å². The molecule has 0 unspecified atom stereocenters. The van der Waals surface area contributed by atoms with Crippen LogP contribution in [0.3, 0.4) is 0 Å². The molecule has 0 rings (SSSR count). The highest BCUT2D eigenvalue weighted by Crippen LogP contribution is 2.35. The first kappa shape index (κ1) is 22.5. The van der Waals surface area contributed by atoms with Crippen LogP contribution in [-0.2, 0) is 8.23 Å². The molecule has 0 spiro atoms. The summed E-state index contributed by atoms with van der Waals surface area (Å²) in [4.78, 5) is 1.54. The Morgan fingerprint density at radius 3 is 1.18 bits per heavy atom. The van der Waals surface area contributed by atoms with E-state index in [0.717, 1.165) is 0 Å². The Morgan fingerprint density at radius 2 is 1.00 bits per heavy atom. The van der Waals surface area contributed by atoms with Crippen LogP contribution in [0.15, 0.2) is 10.9 Å². The molecule has 0 aromatic rings. The van der Waals surface area contributed by atoms with Crippen molar-refractivity contribution in [3.63, 3.8) is 0 Å². The molecule has 22 heavy (non-hydrogen) atoms. The van der Waals surface area contributed by atoms with Gasteiger partial charge in [0.25, 0.3) is 0 Å². The second-order valence-corrected chi connectivity index (χ2v) is 28.6. The van der Waals surface area contributed by atoms with Gasteiger partial charge in [0.05, 0.1) is 8.07 Å². The van der Waals surface area contributed by atoms with Gasteiger partial charge in [0.15, 0.2) is 16.6 Å². The van der Waals surface area contributed by atoms with Crippen molar-refractivity contribution in [2.75, 3.05) is 0 Å². The van der Waals surface area contributed by atoms with Gasteiger partial charge in [0.1, 0.15) is 0 Å². The van der Waals surface area contributed by atoms with Crippen molar-refractivity contribution in [3.05, 3.63) is 10.9 Å². The molecule has 0 saturated heterocycles. The molecule has 0 fully saturated rings. The third-order valence-electron chi connectivity index (χ3n) is 2.88. The molecule has 0 aromatic carbocycles. The predicted molar refractivity (Wildman–Crippen MR) is 111 cm³/mol. The van der Waals surface area contributed by atoms with Gasteiger partial charge in [-0.1, -0.05) is 46.5 Å². The van der Waals surface area contributed by atoms with Gasteiger partial charge in [-0.05, 0) is 56.1 Å². The highest BCUT2D eigenvalue weighted by atomic mass is 28.5. The van der Waals surface area contributed by atoms with E-state index in [1.165, 1.54) is 4.82 Å². The van der Waals surface area contributed by atoms with Crippen LogP contribution in [0, 0.1) is 5.41 Å². The van der Waals surface area contributed by atoms with E-state index in [0.29, 0.717) is 0 Å². The summed E-state index contributed by atoms with van der Waals surface area (Å²) in [6, 6.07) is 0. The summed E-state index contributed by atoms with van der Waals surface area (Å²) in [5, 5.41) is 0. The summed E-state index contributed by atoms with van der Waals surface area (Å²) >= 11 is 0. The second-order valence-electron chi connectivity index (χ2n) is 10.5. The lowest BCUT2D eigenvalue weighted by molar-refractivity contribution is 0.398. The molecule has 0 aliphatic carbocycles. The number of hydrogen-bond acceptors (Lipinski definition) is 2. The molecule has 0 bridgehead atoms. The van der Waals surface area contributed by atoms with Crippen molar-refractivity contribution >= 4 is 33.3 Å². The quantitative estimate of drug-likeness (QED) is 0.517. The first-order valence-corrected chi connectivity index (χ1v) is 21.0. The van der Waals surface area contributed by atoms with Crippen LogP contribution in [0.25, 0.3) is 0 Å². The molecule has 0 amide bonds. The molecular formula is C16H40O2Si4. The maximum absolute atomic E-state index is 6.79. The lowest BCUT2D eigenvalue weighted by atomic mass is 9.98. The molecule has 0 saturated carbocycles. The van der Waals surface area contributed by atoms with Crippen molar-refractivity contribution in [2.24, 2.45) is 5.41 Å². The number of allylic oxidation sites excluding steroid dienone is 1. The summed E-state index contributed by atoms with van der Waals surface area (Å²) in [5.41, 5.74) is 0.162. The third kappa shape index (κ3) is 8.98. The normalized spacial score (nSPS) is 16.1. The Kier molecular flexibility index (Phi) is 6.96. The third-order valence-corrected chi connectivity index (χ3v) is 17.4. The molecule has 0 aliphatic heterocycles. The van der Waals surface area contributed by atoms with Gasteiger partial charge < -0.3 is 8.23 Å². The zero-order chi connectivity index (χ0) is 18.2. The monoisotopic (exact) mass is 376 g/mol. The summed E-state index contributed by atoms with van der Waals surface area (Å²) in [5.74, 6) is 0. The average molecular weight is 377 g/mol. The van der Waals surface area contributed by atoms with Crippen molar-refractivity contribution in [2.45, 2.75) is 86.2 Å². The minimum Gasteiger partial charge on any atom is -0.434 e. The van der Waals surface area contributed by atoms with Gasteiger partial charge in [-0.2, -0.15) is 0 Å². The van der Waals surface area contributed by atoms with E-state index in [1.807, 2.05) is 0 Å². The van der Waals surface area contributed by atoms with E-state index in [-0.39, 0.29) is 5.41 Å². The maximum atomic E-state index is 6.79. The SMILES string of the molecule is CC(C)(C)/C=C(\[Si](C)(C)C)[Si](C)(O[Si](C)(C)C)O[Si](C)(C)C. The van der Waals surface area contributed by atoms with Crippen LogP contribution in [-0.4, -0.2) is 33.3 Å². The molecule has 0 aromatic heterocycles. The fourth-order valence-corrected chi connectivity index (χ4v) is 21.5. The first-order valence-electron chi connectivity index (χ1n) is 8.39. The van der Waals surface area contributed by atoms with Gasteiger partial charge in [-0.3, -0.25) is 0 Å². The van der Waals surface area contributed by atoms with E-state index in [9.17, 15) is 0 Å². The minimum atomic E-state index is -2.35. The molecule has 0 atom stereocenters. The van der Waals surface area contributed by atoms with Crippen LogP contribution < -0.4 is 0 Å². The lowest BCUT2D eigenvalue weighted by Crippen LogP contribution is -2.58. The van der Waals surface area contributed by atoms with E-state index in [4.69, 9.17) is 8.23 Å². The summed E-state index contributed by atoms with van der Waals surface area (Å²) < 4.78 is 13.6. The second kappa shape index (κ2) is 6.80. The zero-order valence-corrected chi connectivity index (χ0v) is 21.4. The van der Waals surface area contributed by atoms with Gasteiger partial charge >= 0.3 is 8.56 Å². The fourth-order valence-electron chi connectivity index (χ4n) is 2.76. The molecule has 6 heteroatoms. The average Bonchev–Trinajstić information content (AvgIpc) is 2.03. The van der Waals surface area contributed by atoms with E-state index >= 15 is 0 Å². The standard InChI is InChI=1S/C16H40O2Si4/c1-16(2,3)14-15(19(4,5)6)22(13,17-20(7,8)9)18-21(10,11)12/h14H,1-13H3/b15-14+. The van der Waals surface area contributed by atoms with Crippen LogP contribution in [0.5, 0.6) is 0 Å². The van der Waals surface area contributed by atoms with Crippen LogP contribution >= 0.6 is 0 Å². The Balaban J connectivity index is 6.15. The van der Waals surface area contributed by atoms with Crippen LogP contribution in [0.1, 0.15) is 20.8 Å². The fraction of sp³-hybridized carbons (Fsp3) is 0.875. The van der Waals surface area contributed by atoms with E-state index in [1.54, 1.807) is 0 Å². The van der Waals surface area contributed by atoms with Gasteiger partial charge in [0, 0.05) is 0 Å². The van der Waals surface area contributed by atoms with E-state index < -0.39 is 33.3 Å². The van der Waals surface area contributed by atoms with Crippen molar-refractivity contribution in [1.82, 2.24) is 0 Å². The highest BCUT2D eigenvalue weighted by molar-refractivity contribution is 7.05. The first-order chi connectivity index (χ1) is 9.25. The minimum absolute atomic E-state index is 0.162. The summed E-state index contributed by atoms with van der Waals surface area (Å²) in [7, 11) is -7.20. The van der Waals surface area contributed by atoms with Crippen molar-refractivity contribution < 1.29 is 8.23 Å². The summed E-state index contributed by atoms with van der Waals surface area (Å²) in [6.45, 7) is 30.1. The van der Waals surface area contributed by atoms with E-state index in [2.05, 4.69) is 92.3 Å². The van der Waals surface area contributed by atoms with Crippen molar-refractivity contribution in [3.8, 4) is 0 Å². The molecule has 0 N–H and O–H groups in total. The lowest BCUT2D eigenvalue weighted by Gasteiger charge is -2.44. The molecular weight excluding hydrogens is 337 g/mol. The Labute approximate surface area is 144 Å². The largest absolute Gasteiger partial charge is 0.434 e. The Hall–Kier alpha value is 0.528. The van der Waals surface area contributed by atoms with Gasteiger partial charge in [-0.15, -0.1) is 0 Å². The molecule has 0 radical (unpaired) electrons. The Bertz CT molecular complexity index is 388. The van der Waals surface area contributed by atoms with Gasteiger partial charge in [-0.25, -0.2) is 0 Å². The maximum Gasteiger partial charge on any atom is 0.340 e. The highest BCUT2D eigenvalue weighted by Gasteiger charge is 2.48. The van der Waals surface area contributed by atoms with Crippen molar-refractivity contribution in [1.29, 1.82) is 0 Å². The molecule has 0 heterocycles. The predicted octanol–water partition coefficient (Wildman–Crippen LogP) is 6.15. The number of rotatable bonds is 6. The molecule has 0 aliphatic rings. The molecule has 132 valence electrons. The zero-order valence-electron chi connectivity index (χ0n) is 17.4. The van der Waals surface area contributed by atoms with Crippen LogP contribution in [0.2, 0.25) is 65.5 Å². The number of hydrogen-bond donors (Lipinski definition) is 0. The molecule has 2 nitrogen and oxygen atoms in total. The summed E-state index contributed by atoms with van der Waals surface area (Å²) in [6.07, 6.45) is 2.48. The topological polar surface area (TPSA) is 18.5 Å².